The van der Waals surface area contributed by atoms with Gasteiger partial charge in [0.15, 0.2) is 17.3 Å². The van der Waals surface area contributed by atoms with Gasteiger partial charge in [0.25, 0.3) is 0 Å². The Morgan fingerprint density at radius 1 is 1.18 bits per heavy atom. The molecule has 0 bridgehead atoms. The highest BCUT2D eigenvalue weighted by atomic mass is 16.3. The van der Waals surface area contributed by atoms with Crippen LogP contribution in [-0.2, 0) is 19.2 Å². The van der Waals surface area contributed by atoms with Gasteiger partial charge < -0.3 is 10.2 Å². The predicted molar refractivity (Wildman–Crippen MR) is 127 cm³/mol. The van der Waals surface area contributed by atoms with Gasteiger partial charge in [0, 0.05) is 12.3 Å². The summed E-state index contributed by atoms with van der Waals surface area (Å²) in [6, 6.07) is 0. The zero-order chi connectivity index (χ0) is 25.4. The van der Waals surface area contributed by atoms with E-state index < -0.39 is 45.5 Å². The van der Waals surface area contributed by atoms with Gasteiger partial charge in [-0.25, -0.2) is 0 Å². The van der Waals surface area contributed by atoms with E-state index in [0.717, 1.165) is 12.0 Å². The van der Waals surface area contributed by atoms with Gasteiger partial charge in [0.2, 0.25) is 0 Å². The third kappa shape index (κ3) is 4.91. The van der Waals surface area contributed by atoms with Crippen molar-refractivity contribution in [2.45, 2.75) is 99.0 Å². The fourth-order valence-corrected chi connectivity index (χ4v) is 5.43. The molecule has 0 aromatic rings. The maximum Gasteiger partial charge on any atom is 0.183 e. The molecular weight excluding hydrogens is 420 g/mol. The minimum absolute atomic E-state index is 0.00771. The minimum atomic E-state index is -1.78. The van der Waals surface area contributed by atoms with E-state index >= 15 is 0 Å². The molecule has 0 saturated heterocycles. The Hall–Kier alpha value is -2.08. The van der Waals surface area contributed by atoms with Crippen molar-refractivity contribution in [1.82, 2.24) is 0 Å². The average molecular weight is 461 g/mol. The fraction of sp³-hybridized carbons (Fsp3) is 0.704. The maximum absolute atomic E-state index is 14.2. The second-order valence-electron chi connectivity index (χ2n) is 11.0. The van der Waals surface area contributed by atoms with Crippen LogP contribution in [0.25, 0.3) is 0 Å². The number of aliphatic hydroxyl groups is 2. The highest BCUT2D eigenvalue weighted by Crippen LogP contribution is 2.53. The molecule has 2 aliphatic carbocycles. The molecule has 0 spiro atoms. The highest BCUT2D eigenvalue weighted by Gasteiger charge is 2.62. The third-order valence-corrected chi connectivity index (χ3v) is 7.84. The van der Waals surface area contributed by atoms with Crippen LogP contribution in [0, 0.1) is 22.7 Å². The molecule has 2 rings (SSSR count). The number of carbonyl (C=O) groups excluding carboxylic acids is 4. The van der Waals surface area contributed by atoms with Gasteiger partial charge in [-0.2, -0.15) is 0 Å². The molecule has 1 fully saturated rings. The Bertz CT molecular complexity index is 904. The number of hydrogen-bond donors (Lipinski definition) is 2. The number of rotatable bonds is 9. The molecule has 0 aromatic heterocycles. The Morgan fingerprint density at radius 3 is 2.24 bits per heavy atom. The molecule has 6 nitrogen and oxygen atoms in total. The molecule has 2 N–H and O–H groups in total. The molecule has 2 aliphatic rings. The summed E-state index contributed by atoms with van der Waals surface area (Å²) in [6.07, 6.45) is 3.97. The summed E-state index contributed by atoms with van der Waals surface area (Å²) in [6.45, 7) is 11.8. The first kappa shape index (κ1) is 27.2. The zero-order valence-electron chi connectivity index (χ0n) is 21.2. The predicted octanol–water partition coefficient (Wildman–Crippen LogP) is 4.83. The van der Waals surface area contributed by atoms with Crippen molar-refractivity contribution in [3.05, 3.63) is 23.0 Å². The van der Waals surface area contributed by atoms with Gasteiger partial charge in [-0.05, 0) is 72.6 Å². The lowest BCUT2D eigenvalue weighted by atomic mass is 9.54. The van der Waals surface area contributed by atoms with E-state index in [9.17, 15) is 29.4 Å². The molecule has 0 radical (unpaired) electrons. The minimum Gasteiger partial charge on any atom is -0.510 e. The van der Waals surface area contributed by atoms with Crippen LogP contribution in [0.5, 0.6) is 0 Å². The van der Waals surface area contributed by atoms with Crippen LogP contribution in [0.3, 0.4) is 0 Å². The van der Waals surface area contributed by atoms with Crippen molar-refractivity contribution in [3.63, 3.8) is 0 Å². The Morgan fingerprint density at radius 2 is 1.79 bits per heavy atom. The van der Waals surface area contributed by atoms with Crippen LogP contribution in [0.2, 0.25) is 0 Å². The molecule has 6 heteroatoms. The van der Waals surface area contributed by atoms with Crippen molar-refractivity contribution in [2.24, 2.45) is 22.7 Å². The van der Waals surface area contributed by atoms with E-state index in [1.807, 2.05) is 20.8 Å². The highest BCUT2D eigenvalue weighted by molar-refractivity contribution is 6.32. The quantitative estimate of drug-likeness (QED) is 0.290. The number of ketones is 4. The van der Waals surface area contributed by atoms with Gasteiger partial charge in [-0.15, -0.1) is 0 Å². The summed E-state index contributed by atoms with van der Waals surface area (Å²) in [5.41, 5.74) is -3.76. The third-order valence-electron chi connectivity index (χ3n) is 7.84. The topological polar surface area (TPSA) is 109 Å². The van der Waals surface area contributed by atoms with E-state index in [4.69, 9.17) is 0 Å². The van der Waals surface area contributed by atoms with Gasteiger partial charge >= 0.3 is 0 Å². The van der Waals surface area contributed by atoms with Crippen molar-refractivity contribution in [3.8, 4) is 0 Å². The molecule has 0 aromatic carbocycles. The summed E-state index contributed by atoms with van der Waals surface area (Å²) in [4.78, 5) is 53.9. The van der Waals surface area contributed by atoms with E-state index in [1.165, 1.54) is 6.92 Å². The summed E-state index contributed by atoms with van der Waals surface area (Å²) in [7, 11) is 0. The normalized spacial score (nSPS) is 33.3. The Labute approximate surface area is 197 Å². The lowest BCUT2D eigenvalue weighted by Gasteiger charge is -2.45. The van der Waals surface area contributed by atoms with Gasteiger partial charge in [-0.3, -0.25) is 19.2 Å². The average Bonchev–Trinajstić information content (AvgIpc) is 3.06. The van der Waals surface area contributed by atoms with Crippen LogP contribution in [-0.4, -0.2) is 38.9 Å². The monoisotopic (exact) mass is 460 g/mol. The summed E-state index contributed by atoms with van der Waals surface area (Å²) in [5.74, 6) is -3.50. The first-order valence-corrected chi connectivity index (χ1v) is 12.1. The Kier molecular flexibility index (Phi) is 7.95. The van der Waals surface area contributed by atoms with E-state index in [1.54, 1.807) is 26.8 Å². The van der Waals surface area contributed by atoms with Crippen LogP contribution in [0.1, 0.15) is 93.4 Å². The van der Waals surface area contributed by atoms with Gasteiger partial charge in [0.05, 0.1) is 11.0 Å². The van der Waals surface area contributed by atoms with Crippen molar-refractivity contribution >= 4 is 23.1 Å². The standard InChI is InChI=1S/C27H40O6/c1-8-17(4)21(29)20-22(30)25(6,13-11-16(2)3)24(32)27(23(20)31,14-18(5)28)15-19-10-9-12-26(19,7)33/h11,17,19,30,33H,8-10,12-15H2,1-7H3/t17-,19-,25+,26-,27-/m1/s1. The van der Waals surface area contributed by atoms with Gasteiger partial charge in [0.1, 0.15) is 22.5 Å². The number of Topliss-reactive ketones (excluding diaryl/α,β-unsaturated/α-hetero) is 4. The number of hydrogen-bond acceptors (Lipinski definition) is 6. The molecule has 1 saturated carbocycles. The molecule has 184 valence electrons. The molecule has 0 heterocycles. The largest absolute Gasteiger partial charge is 0.510 e. The lowest BCUT2D eigenvalue weighted by molar-refractivity contribution is -0.153. The van der Waals surface area contributed by atoms with E-state index in [2.05, 4.69) is 0 Å². The van der Waals surface area contributed by atoms with E-state index in [-0.39, 0.29) is 36.5 Å². The SMILES string of the molecule is CC[C@@H](C)C(=O)C1=C(O)[C@](C)(CC=C(C)C)C(=O)[C@](CC(C)=O)(C[C@H]2CCC[C@@]2(C)O)C1=O. The van der Waals surface area contributed by atoms with Gasteiger partial charge in [-0.1, -0.05) is 31.9 Å². The van der Waals surface area contributed by atoms with Crippen molar-refractivity contribution < 1.29 is 29.4 Å². The molecule has 0 unspecified atom stereocenters. The summed E-state index contributed by atoms with van der Waals surface area (Å²) < 4.78 is 0. The first-order chi connectivity index (χ1) is 15.1. The van der Waals surface area contributed by atoms with Crippen LogP contribution >= 0.6 is 0 Å². The summed E-state index contributed by atoms with van der Waals surface area (Å²) in [5, 5.41) is 22.2. The second kappa shape index (κ2) is 9.65. The lowest BCUT2D eigenvalue weighted by Crippen LogP contribution is -2.56. The van der Waals surface area contributed by atoms with Crippen LogP contribution in [0.15, 0.2) is 23.0 Å². The molecule has 0 amide bonds. The number of carbonyl (C=O) groups is 4. The van der Waals surface area contributed by atoms with E-state index in [0.29, 0.717) is 19.3 Å². The zero-order valence-corrected chi connectivity index (χ0v) is 21.2. The first-order valence-electron chi connectivity index (χ1n) is 12.1. The molecule has 0 aliphatic heterocycles. The van der Waals surface area contributed by atoms with Crippen LogP contribution in [0.4, 0.5) is 0 Å². The number of allylic oxidation sites excluding steroid dienone is 4. The number of aliphatic hydroxyl groups excluding tert-OH is 1. The molecule has 5 atom stereocenters. The van der Waals surface area contributed by atoms with Crippen molar-refractivity contribution in [1.29, 1.82) is 0 Å². The fourth-order valence-electron chi connectivity index (χ4n) is 5.43. The summed E-state index contributed by atoms with van der Waals surface area (Å²) >= 11 is 0. The molecular formula is C27H40O6. The van der Waals surface area contributed by atoms with Crippen LogP contribution < -0.4 is 0 Å². The van der Waals surface area contributed by atoms with Crippen molar-refractivity contribution in [2.75, 3.05) is 0 Å². The smallest absolute Gasteiger partial charge is 0.183 e. The second-order valence-corrected chi connectivity index (χ2v) is 11.0. The Balaban J connectivity index is 2.81. The molecule has 33 heavy (non-hydrogen) atoms. The maximum atomic E-state index is 14.2.